The van der Waals surface area contributed by atoms with E-state index in [0.29, 0.717) is 6.61 Å². The summed E-state index contributed by atoms with van der Waals surface area (Å²) >= 11 is 0. The zero-order valence-electron chi connectivity index (χ0n) is 13.8. The van der Waals surface area contributed by atoms with Gasteiger partial charge in [0.15, 0.2) is 5.82 Å². The molecular formula is C16H29N3O. The van der Waals surface area contributed by atoms with E-state index in [1.54, 1.807) is 0 Å². The van der Waals surface area contributed by atoms with Gasteiger partial charge in [-0.25, -0.2) is 9.97 Å². The van der Waals surface area contributed by atoms with Gasteiger partial charge in [0.05, 0.1) is 0 Å². The van der Waals surface area contributed by atoms with E-state index in [2.05, 4.69) is 33.0 Å². The molecule has 0 aliphatic carbocycles. The summed E-state index contributed by atoms with van der Waals surface area (Å²) < 4.78 is 6.01. The summed E-state index contributed by atoms with van der Waals surface area (Å²) in [5.74, 6) is 0.840. The second-order valence-corrected chi connectivity index (χ2v) is 5.18. The molecule has 4 nitrogen and oxygen atoms in total. The van der Waals surface area contributed by atoms with Gasteiger partial charge in [0.1, 0.15) is 5.60 Å². The highest BCUT2D eigenvalue weighted by atomic mass is 16.5. The van der Waals surface area contributed by atoms with Crippen LogP contribution in [0.2, 0.25) is 0 Å². The van der Waals surface area contributed by atoms with Gasteiger partial charge in [-0.05, 0) is 59.2 Å². The molecule has 0 aliphatic rings. The van der Waals surface area contributed by atoms with E-state index in [-0.39, 0.29) is 5.60 Å². The first-order valence-electron chi connectivity index (χ1n) is 7.67. The molecule has 0 saturated carbocycles. The van der Waals surface area contributed by atoms with Crippen molar-refractivity contribution >= 4 is 0 Å². The zero-order chi connectivity index (χ0) is 15.2. The molecule has 0 aliphatic heterocycles. The Bertz CT molecular complexity index is 405. The summed E-state index contributed by atoms with van der Waals surface area (Å²) in [5.41, 5.74) is 3.06. The summed E-state index contributed by atoms with van der Waals surface area (Å²) in [6.45, 7) is 12.1. The summed E-state index contributed by atoms with van der Waals surface area (Å²) in [6, 6.07) is 0. The fourth-order valence-corrected chi connectivity index (χ4v) is 2.67. The summed E-state index contributed by atoms with van der Waals surface area (Å²) in [5, 5.41) is 3.18. The Morgan fingerprint density at radius 3 is 2.00 bits per heavy atom. The maximum absolute atomic E-state index is 6.01. The fourth-order valence-electron chi connectivity index (χ4n) is 2.67. The number of hydrogen-bond acceptors (Lipinski definition) is 4. The van der Waals surface area contributed by atoms with Crippen molar-refractivity contribution < 1.29 is 4.74 Å². The Kier molecular flexibility index (Phi) is 6.56. The summed E-state index contributed by atoms with van der Waals surface area (Å²) in [7, 11) is 1.97. The first kappa shape index (κ1) is 17.1. The maximum Gasteiger partial charge on any atom is 0.160 e. The SMILES string of the molecule is CCOC(CC)(CC)c1nc(C)c(CCNC)c(C)n1. The third kappa shape index (κ3) is 3.55. The quantitative estimate of drug-likeness (QED) is 0.795. The number of ether oxygens (including phenoxy) is 1. The monoisotopic (exact) mass is 279 g/mol. The van der Waals surface area contributed by atoms with Crippen molar-refractivity contribution in [2.75, 3.05) is 20.2 Å². The molecule has 0 aromatic carbocycles. The third-order valence-corrected chi connectivity index (χ3v) is 4.02. The van der Waals surface area contributed by atoms with Crippen LogP contribution in [0.3, 0.4) is 0 Å². The van der Waals surface area contributed by atoms with Crippen LogP contribution in [0.4, 0.5) is 0 Å². The number of hydrogen-bond donors (Lipinski definition) is 1. The topological polar surface area (TPSA) is 47.0 Å². The van der Waals surface area contributed by atoms with E-state index >= 15 is 0 Å². The lowest BCUT2D eigenvalue weighted by Gasteiger charge is -2.30. The first-order valence-corrected chi connectivity index (χ1v) is 7.67. The van der Waals surface area contributed by atoms with Crippen molar-refractivity contribution in [1.29, 1.82) is 0 Å². The maximum atomic E-state index is 6.01. The highest BCUT2D eigenvalue weighted by molar-refractivity contribution is 5.26. The molecular weight excluding hydrogens is 250 g/mol. The average Bonchev–Trinajstić information content (AvgIpc) is 2.44. The minimum atomic E-state index is -0.341. The highest BCUT2D eigenvalue weighted by Crippen LogP contribution is 2.31. The Morgan fingerprint density at radius 1 is 1.05 bits per heavy atom. The molecule has 0 spiro atoms. The van der Waals surface area contributed by atoms with E-state index < -0.39 is 0 Å². The zero-order valence-corrected chi connectivity index (χ0v) is 13.8. The van der Waals surface area contributed by atoms with Gasteiger partial charge in [-0.15, -0.1) is 0 Å². The van der Waals surface area contributed by atoms with Crippen LogP contribution < -0.4 is 5.32 Å². The van der Waals surface area contributed by atoms with Gasteiger partial charge in [-0.1, -0.05) is 13.8 Å². The van der Waals surface area contributed by atoms with Crippen LogP contribution in [0.15, 0.2) is 0 Å². The molecule has 0 bridgehead atoms. The molecule has 0 unspecified atom stereocenters. The van der Waals surface area contributed by atoms with Crippen molar-refractivity contribution in [3.63, 3.8) is 0 Å². The Balaban J connectivity index is 3.19. The number of rotatable bonds is 8. The van der Waals surface area contributed by atoms with Crippen LogP contribution in [-0.2, 0) is 16.8 Å². The number of nitrogens with one attached hydrogen (secondary N) is 1. The average molecular weight is 279 g/mol. The van der Waals surface area contributed by atoms with E-state index in [1.807, 2.05) is 14.0 Å². The Hall–Kier alpha value is -1.00. The lowest BCUT2D eigenvalue weighted by molar-refractivity contribution is -0.0574. The van der Waals surface area contributed by atoms with Gasteiger partial charge in [-0.3, -0.25) is 0 Å². The van der Waals surface area contributed by atoms with Crippen LogP contribution in [0.25, 0.3) is 0 Å². The highest BCUT2D eigenvalue weighted by Gasteiger charge is 2.33. The lowest BCUT2D eigenvalue weighted by atomic mass is 9.95. The van der Waals surface area contributed by atoms with E-state index in [0.717, 1.165) is 43.0 Å². The molecule has 0 atom stereocenters. The number of aromatic nitrogens is 2. The summed E-state index contributed by atoms with van der Waals surface area (Å²) in [4.78, 5) is 9.51. The van der Waals surface area contributed by atoms with Gasteiger partial charge in [0.2, 0.25) is 0 Å². The minimum absolute atomic E-state index is 0.341. The molecule has 0 amide bonds. The van der Waals surface area contributed by atoms with Crippen molar-refractivity contribution in [3.05, 3.63) is 22.8 Å². The van der Waals surface area contributed by atoms with E-state index in [1.165, 1.54) is 5.56 Å². The van der Waals surface area contributed by atoms with Crippen molar-refractivity contribution in [2.45, 2.75) is 59.5 Å². The lowest BCUT2D eigenvalue weighted by Crippen LogP contribution is -2.32. The molecule has 0 radical (unpaired) electrons. The van der Waals surface area contributed by atoms with Gasteiger partial charge in [-0.2, -0.15) is 0 Å². The molecule has 1 heterocycles. The van der Waals surface area contributed by atoms with Crippen LogP contribution in [-0.4, -0.2) is 30.2 Å². The molecule has 1 rings (SSSR count). The largest absolute Gasteiger partial charge is 0.367 e. The van der Waals surface area contributed by atoms with E-state index in [9.17, 15) is 0 Å². The standard InChI is InChI=1S/C16H29N3O/c1-7-16(8-2,20-9-3)15-18-12(4)14(10-11-17-6)13(5)19-15/h17H,7-11H2,1-6H3. The first-order chi connectivity index (χ1) is 9.54. The molecule has 0 fully saturated rings. The molecule has 114 valence electrons. The molecule has 1 N–H and O–H groups in total. The molecule has 20 heavy (non-hydrogen) atoms. The van der Waals surface area contributed by atoms with Crippen LogP contribution in [0.5, 0.6) is 0 Å². The normalized spacial score (nSPS) is 11.9. The smallest absolute Gasteiger partial charge is 0.160 e. The second-order valence-electron chi connectivity index (χ2n) is 5.18. The molecule has 1 aromatic heterocycles. The number of aryl methyl sites for hydroxylation is 2. The van der Waals surface area contributed by atoms with Crippen molar-refractivity contribution in [1.82, 2.24) is 15.3 Å². The van der Waals surface area contributed by atoms with Crippen LogP contribution in [0.1, 0.15) is 56.4 Å². The second kappa shape index (κ2) is 7.70. The van der Waals surface area contributed by atoms with Gasteiger partial charge in [0.25, 0.3) is 0 Å². The molecule has 4 heteroatoms. The van der Waals surface area contributed by atoms with Crippen molar-refractivity contribution in [3.8, 4) is 0 Å². The van der Waals surface area contributed by atoms with Gasteiger partial charge >= 0.3 is 0 Å². The predicted molar refractivity (Wildman–Crippen MR) is 83.0 cm³/mol. The third-order valence-electron chi connectivity index (χ3n) is 4.02. The number of nitrogens with zero attached hydrogens (tertiary/aromatic N) is 2. The predicted octanol–water partition coefficient (Wildman–Crippen LogP) is 2.91. The van der Waals surface area contributed by atoms with Gasteiger partial charge < -0.3 is 10.1 Å². The molecule has 1 aromatic rings. The van der Waals surface area contributed by atoms with E-state index in [4.69, 9.17) is 14.7 Å². The Morgan fingerprint density at radius 2 is 1.60 bits per heavy atom. The minimum Gasteiger partial charge on any atom is -0.367 e. The Labute approximate surface area is 123 Å². The number of likely N-dealkylation sites (N-methyl/N-ethyl adjacent to an activating group) is 1. The summed E-state index contributed by atoms with van der Waals surface area (Å²) in [6.07, 6.45) is 2.76. The van der Waals surface area contributed by atoms with Crippen molar-refractivity contribution in [2.24, 2.45) is 0 Å². The van der Waals surface area contributed by atoms with Gasteiger partial charge in [0, 0.05) is 18.0 Å². The van der Waals surface area contributed by atoms with Crippen LogP contribution >= 0.6 is 0 Å². The van der Waals surface area contributed by atoms with Crippen LogP contribution in [0, 0.1) is 13.8 Å². The fraction of sp³-hybridized carbons (Fsp3) is 0.750. The molecule has 0 saturated heterocycles.